The summed E-state index contributed by atoms with van der Waals surface area (Å²) >= 11 is 0. The molecule has 0 saturated carbocycles. The molecular formula is C27H30N6O2. The number of benzene rings is 2. The third kappa shape index (κ3) is 4.61. The molecule has 180 valence electrons. The molecule has 0 radical (unpaired) electrons. The van der Waals surface area contributed by atoms with Gasteiger partial charge in [-0.15, -0.1) is 0 Å². The number of nitrogen functional groups attached to an aromatic ring is 1. The van der Waals surface area contributed by atoms with E-state index in [2.05, 4.69) is 43.3 Å². The molecule has 1 aliphatic rings. The van der Waals surface area contributed by atoms with Crippen LogP contribution in [0, 0.1) is 0 Å². The first-order valence-electron chi connectivity index (χ1n) is 11.9. The number of anilines is 1. The molecule has 1 atom stereocenters. The average molecular weight is 471 g/mol. The molecule has 8 heteroatoms. The van der Waals surface area contributed by atoms with Crippen molar-refractivity contribution in [2.45, 2.75) is 45.1 Å². The lowest BCUT2D eigenvalue weighted by atomic mass is 9.87. The van der Waals surface area contributed by atoms with E-state index in [1.165, 1.54) is 10.2 Å². The maximum absolute atomic E-state index is 13.2. The fourth-order valence-corrected chi connectivity index (χ4v) is 4.28. The number of rotatable bonds is 5. The summed E-state index contributed by atoms with van der Waals surface area (Å²) < 4.78 is 7.13. The minimum absolute atomic E-state index is 0.0227. The molecule has 35 heavy (non-hydrogen) atoms. The first kappa shape index (κ1) is 23.0. The smallest absolute Gasteiger partial charge is 0.257 e. The Morgan fingerprint density at radius 2 is 1.89 bits per heavy atom. The summed E-state index contributed by atoms with van der Waals surface area (Å²) in [6, 6.07) is 15.7. The lowest BCUT2D eigenvalue weighted by Crippen LogP contribution is -2.32. The van der Waals surface area contributed by atoms with E-state index in [-0.39, 0.29) is 28.8 Å². The van der Waals surface area contributed by atoms with Crippen molar-refractivity contribution in [3.63, 3.8) is 0 Å². The first-order valence-corrected chi connectivity index (χ1v) is 11.9. The molecule has 0 aliphatic carbocycles. The highest BCUT2D eigenvalue weighted by atomic mass is 16.5. The zero-order valence-electron chi connectivity index (χ0n) is 20.3. The van der Waals surface area contributed by atoms with E-state index >= 15 is 0 Å². The number of para-hydroxylation sites is 2. The highest BCUT2D eigenvalue weighted by Gasteiger charge is 2.25. The van der Waals surface area contributed by atoms with Crippen molar-refractivity contribution < 1.29 is 9.53 Å². The predicted octanol–water partition coefficient (Wildman–Crippen LogP) is 4.26. The minimum Gasteiger partial charge on any atom is -0.383 e. The van der Waals surface area contributed by atoms with E-state index in [9.17, 15) is 4.79 Å². The molecule has 3 heterocycles. The van der Waals surface area contributed by atoms with Crippen molar-refractivity contribution in [3.05, 3.63) is 65.2 Å². The zero-order chi connectivity index (χ0) is 24.6. The van der Waals surface area contributed by atoms with Gasteiger partial charge < -0.3 is 15.8 Å². The summed E-state index contributed by atoms with van der Waals surface area (Å²) in [4.78, 5) is 22.7. The molecule has 2 aromatic heterocycles. The molecule has 8 nitrogen and oxygen atoms in total. The summed E-state index contributed by atoms with van der Waals surface area (Å²) in [5, 5.41) is 7.56. The Kier molecular flexibility index (Phi) is 5.98. The van der Waals surface area contributed by atoms with Crippen LogP contribution in [-0.4, -0.2) is 46.0 Å². The highest BCUT2D eigenvalue weighted by Crippen LogP contribution is 2.28. The van der Waals surface area contributed by atoms with E-state index in [4.69, 9.17) is 20.4 Å². The second kappa shape index (κ2) is 9.11. The van der Waals surface area contributed by atoms with Gasteiger partial charge in [0, 0.05) is 13.2 Å². The Labute approximate surface area is 204 Å². The fourth-order valence-electron chi connectivity index (χ4n) is 4.28. The van der Waals surface area contributed by atoms with E-state index in [1.807, 2.05) is 36.4 Å². The van der Waals surface area contributed by atoms with Gasteiger partial charge in [-0.3, -0.25) is 4.79 Å². The van der Waals surface area contributed by atoms with Crippen LogP contribution in [0.25, 0.3) is 22.2 Å². The first-order chi connectivity index (χ1) is 16.8. The fraction of sp³-hybridized carbons (Fsp3) is 0.333. The SMILES string of the molecule is CC(C)(C)c1ccc(C=Nn2c(N)c(C(=O)NCC3CCCO3)c3nc4ccccc4nc32)cc1. The largest absolute Gasteiger partial charge is 0.383 e. The second-order valence-electron chi connectivity index (χ2n) is 9.92. The molecule has 1 fully saturated rings. The quantitative estimate of drug-likeness (QED) is 0.424. The van der Waals surface area contributed by atoms with Crippen LogP contribution in [0.5, 0.6) is 0 Å². The van der Waals surface area contributed by atoms with Crippen molar-refractivity contribution in [1.29, 1.82) is 0 Å². The zero-order valence-corrected chi connectivity index (χ0v) is 20.3. The molecule has 0 bridgehead atoms. The molecule has 1 saturated heterocycles. The summed E-state index contributed by atoms with van der Waals surface area (Å²) in [6.07, 6.45) is 3.67. The van der Waals surface area contributed by atoms with Gasteiger partial charge in [0.15, 0.2) is 5.65 Å². The third-order valence-corrected chi connectivity index (χ3v) is 6.31. The molecule has 5 rings (SSSR count). The van der Waals surface area contributed by atoms with Gasteiger partial charge in [0.25, 0.3) is 5.91 Å². The van der Waals surface area contributed by atoms with Gasteiger partial charge in [-0.2, -0.15) is 9.78 Å². The number of aromatic nitrogens is 3. The second-order valence-corrected chi connectivity index (χ2v) is 9.92. The van der Waals surface area contributed by atoms with E-state index in [1.54, 1.807) is 6.21 Å². The molecule has 2 aromatic carbocycles. The Morgan fingerprint density at radius 3 is 2.54 bits per heavy atom. The van der Waals surface area contributed by atoms with Gasteiger partial charge in [0.05, 0.1) is 23.4 Å². The summed E-state index contributed by atoms with van der Waals surface area (Å²) in [6.45, 7) is 7.69. The number of amides is 1. The van der Waals surface area contributed by atoms with E-state index in [0.717, 1.165) is 25.0 Å². The van der Waals surface area contributed by atoms with Crippen LogP contribution in [0.15, 0.2) is 53.6 Å². The highest BCUT2D eigenvalue weighted by molar-refractivity contribution is 6.10. The predicted molar refractivity (Wildman–Crippen MR) is 139 cm³/mol. The molecule has 0 spiro atoms. The number of carbonyl (C=O) groups is 1. The van der Waals surface area contributed by atoms with Crippen molar-refractivity contribution in [3.8, 4) is 0 Å². The molecular weight excluding hydrogens is 440 g/mol. The van der Waals surface area contributed by atoms with Crippen LogP contribution in [0.1, 0.15) is 55.1 Å². The maximum atomic E-state index is 13.2. The van der Waals surface area contributed by atoms with Crippen LogP contribution in [0.2, 0.25) is 0 Å². The summed E-state index contributed by atoms with van der Waals surface area (Å²) in [5.74, 6) is -0.112. The van der Waals surface area contributed by atoms with Gasteiger partial charge in [-0.1, -0.05) is 57.2 Å². The molecule has 4 aromatic rings. The van der Waals surface area contributed by atoms with Crippen molar-refractivity contribution >= 4 is 40.1 Å². The molecule has 1 unspecified atom stereocenters. The van der Waals surface area contributed by atoms with Gasteiger partial charge in [0.2, 0.25) is 0 Å². The number of nitrogens with zero attached hydrogens (tertiary/aromatic N) is 4. The summed E-state index contributed by atoms with van der Waals surface area (Å²) in [5.41, 5.74) is 11.2. The lowest BCUT2D eigenvalue weighted by molar-refractivity contribution is 0.0859. The van der Waals surface area contributed by atoms with Crippen LogP contribution in [0.4, 0.5) is 5.82 Å². The average Bonchev–Trinajstić information content (AvgIpc) is 3.45. The maximum Gasteiger partial charge on any atom is 0.257 e. The van der Waals surface area contributed by atoms with Gasteiger partial charge in [0.1, 0.15) is 16.9 Å². The lowest BCUT2D eigenvalue weighted by Gasteiger charge is -2.18. The van der Waals surface area contributed by atoms with Crippen LogP contribution in [-0.2, 0) is 10.2 Å². The number of hydrogen-bond acceptors (Lipinski definition) is 6. The number of ether oxygens (including phenoxy) is 1. The minimum atomic E-state index is -0.309. The van der Waals surface area contributed by atoms with Crippen molar-refractivity contribution in [2.24, 2.45) is 5.10 Å². The third-order valence-electron chi connectivity index (χ3n) is 6.31. The Hall–Kier alpha value is -3.78. The number of nitrogens with two attached hydrogens (primary N) is 1. The van der Waals surface area contributed by atoms with Gasteiger partial charge in [-0.05, 0) is 41.5 Å². The van der Waals surface area contributed by atoms with E-state index < -0.39 is 0 Å². The Balaban J connectivity index is 1.54. The van der Waals surface area contributed by atoms with Gasteiger partial charge >= 0.3 is 0 Å². The number of carbonyl (C=O) groups excluding carboxylic acids is 1. The number of hydrogen-bond donors (Lipinski definition) is 2. The number of nitrogens with one attached hydrogen (secondary N) is 1. The van der Waals surface area contributed by atoms with Crippen LogP contribution in [0.3, 0.4) is 0 Å². The standard InChI is InChI=1S/C27H30N6O2/c1-27(2,3)18-12-10-17(11-13-18)15-30-33-24(28)22(26(34)29-16-19-7-6-14-35-19)23-25(33)32-21-9-5-4-8-20(21)31-23/h4-5,8-13,15,19H,6-7,14,16,28H2,1-3H3,(H,29,34). The Morgan fingerprint density at radius 1 is 1.17 bits per heavy atom. The molecule has 1 amide bonds. The topological polar surface area (TPSA) is 107 Å². The van der Waals surface area contributed by atoms with Gasteiger partial charge in [-0.25, -0.2) is 9.97 Å². The normalized spacial score (nSPS) is 16.5. The monoisotopic (exact) mass is 470 g/mol. The summed E-state index contributed by atoms with van der Waals surface area (Å²) in [7, 11) is 0. The Bertz CT molecular complexity index is 1410. The van der Waals surface area contributed by atoms with Crippen LogP contribution < -0.4 is 11.1 Å². The molecule has 3 N–H and O–H groups in total. The molecule has 1 aliphatic heterocycles. The number of fused-ring (bicyclic) bond motifs is 2. The van der Waals surface area contributed by atoms with Crippen molar-refractivity contribution in [1.82, 2.24) is 20.0 Å². The van der Waals surface area contributed by atoms with Crippen LogP contribution >= 0.6 is 0 Å². The van der Waals surface area contributed by atoms with E-state index in [0.29, 0.717) is 28.7 Å². The van der Waals surface area contributed by atoms with Crippen molar-refractivity contribution in [2.75, 3.05) is 18.9 Å².